The minimum Gasteiger partial charge on any atom is -0.396 e. The summed E-state index contributed by atoms with van der Waals surface area (Å²) in [6.07, 6.45) is 0.695. The Kier molecular flexibility index (Phi) is 4.69. The molecule has 1 aromatic heterocycles. The van der Waals surface area contributed by atoms with Gasteiger partial charge in [0.2, 0.25) is 0 Å². The van der Waals surface area contributed by atoms with Crippen LogP contribution in [0.25, 0.3) is 0 Å². The highest BCUT2D eigenvalue weighted by Gasteiger charge is 2.15. The molecule has 1 heterocycles. The summed E-state index contributed by atoms with van der Waals surface area (Å²) in [5.74, 6) is 2.34. The van der Waals surface area contributed by atoms with E-state index in [9.17, 15) is 0 Å². The number of nitrogen functional groups attached to an aromatic ring is 1. The molecule has 5 nitrogen and oxygen atoms in total. The van der Waals surface area contributed by atoms with Crippen LogP contribution in [-0.2, 0) is 0 Å². The zero-order valence-corrected chi connectivity index (χ0v) is 11.0. The SMILES string of the molecule is Cc1nc(N)c(C)c(NC(CCO)C(C)C)n1. The summed E-state index contributed by atoms with van der Waals surface area (Å²) in [5.41, 5.74) is 6.67. The number of aromatic nitrogens is 2. The maximum absolute atomic E-state index is 9.04. The number of nitrogens with zero attached hydrogens (tertiary/aromatic N) is 2. The predicted octanol–water partition coefficient (Wildman–Crippen LogP) is 1.49. The summed E-state index contributed by atoms with van der Waals surface area (Å²) in [6.45, 7) is 8.10. The molecule has 0 radical (unpaired) electrons. The molecule has 17 heavy (non-hydrogen) atoms. The number of rotatable bonds is 5. The molecule has 96 valence electrons. The zero-order valence-electron chi connectivity index (χ0n) is 11.0. The van der Waals surface area contributed by atoms with Crippen molar-refractivity contribution in [1.82, 2.24) is 9.97 Å². The Hall–Kier alpha value is -1.36. The Labute approximate surface area is 102 Å². The lowest BCUT2D eigenvalue weighted by atomic mass is 10.0. The first kappa shape index (κ1) is 13.7. The first-order valence-corrected chi connectivity index (χ1v) is 5.93. The van der Waals surface area contributed by atoms with Crippen molar-refractivity contribution < 1.29 is 5.11 Å². The summed E-state index contributed by atoms with van der Waals surface area (Å²) in [5, 5.41) is 12.4. The Morgan fingerprint density at radius 3 is 2.47 bits per heavy atom. The Balaban J connectivity index is 2.92. The normalized spacial score (nSPS) is 12.8. The zero-order chi connectivity index (χ0) is 13.0. The number of aryl methyl sites for hydroxylation is 1. The summed E-state index contributed by atoms with van der Waals surface area (Å²) < 4.78 is 0. The fourth-order valence-corrected chi connectivity index (χ4v) is 1.68. The molecule has 0 aliphatic rings. The van der Waals surface area contributed by atoms with Gasteiger partial charge in [-0.25, -0.2) is 9.97 Å². The second kappa shape index (κ2) is 5.82. The second-order valence-corrected chi connectivity index (χ2v) is 4.64. The first-order valence-electron chi connectivity index (χ1n) is 5.93. The van der Waals surface area contributed by atoms with Gasteiger partial charge in [0.1, 0.15) is 17.5 Å². The van der Waals surface area contributed by atoms with Gasteiger partial charge in [-0.1, -0.05) is 13.8 Å². The number of hydrogen-bond acceptors (Lipinski definition) is 5. The summed E-state index contributed by atoms with van der Waals surface area (Å²) in [7, 11) is 0. The average Bonchev–Trinajstić information content (AvgIpc) is 2.24. The van der Waals surface area contributed by atoms with Crippen molar-refractivity contribution >= 4 is 11.6 Å². The fraction of sp³-hybridized carbons (Fsp3) is 0.667. The van der Waals surface area contributed by atoms with Crippen molar-refractivity contribution in [3.8, 4) is 0 Å². The van der Waals surface area contributed by atoms with Crippen LogP contribution in [0.3, 0.4) is 0 Å². The maximum atomic E-state index is 9.04. The molecule has 0 saturated carbocycles. The van der Waals surface area contributed by atoms with E-state index in [1.165, 1.54) is 0 Å². The summed E-state index contributed by atoms with van der Waals surface area (Å²) >= 11 is 0. The molecule has 1 atom stereocenters. The van der Waals surface area contributed by atoms with E-state index in [1.807, 2.05) is 13.8 Å². The molecule has 0 aromatic carbocycles. The van der Waals surface area contributed by atoms with Gasteiger partial charge in [-0.05, 0) is 26.2 Å². The van der Waals surface area contributed by atoms with Gasteiger partial charge in [-0.15, -0.1) is 0 Å². The molecule has 4 N–H and O–H groups in total. The third-order valence-electron chi connectivity index (χ3n) is 2.86. The molecule has 0 aliphatic heterocycles. The Morgan fingerprint density at radius 2 is 1.94 bits per heavy atom. The van der Waals surface area contributed by atoms with Crippen LogP contribution in [-0.4, -0.2) is 27.7 Å². The Morgan fingerprint density at radius 1 is 1.29 bits per heavy atom. The molecule has 0 bridgehead atoms. The summed E-state index contributed by atoms with van der Waals surface area (Å²) in [6, 6.07) is 0.187. The van der Waals surface area contributed by atoms with Crippen molar-refractivity contribution in [3.05, 3.63) is 11.4 Å². The van der Waals surface area contributed by atoms with Crippen molar-refractivity contribution in [2.75, 3.05) is 17.7 Å². The molecule has 0 saturated heterocycles. The highest BCUT2D eigenvalue weighted by Crippen LogP contribution is 2.20. The van der Waals surface area contributed by atoms with E-state index in [0.29, 0.717) is 24.0 Å². The van der Waals surface area contributed by atoms with Gasteiger partial charge in [0.05, 0.1) is 0 Å². The van der Waals surface area contributed by atoms with Gasteiger partial charge < -0.3 is 16.2 Å². The van der Waals surface area contributed by atoms with Crippen LogP contribution in [0.5, 0.6) is 0 Å². The number of aliphatic hydroxyl groups excluding tert-OH is 1. The lowest BCUT2D eigenvalue weighted by Gasteiger charge is -2.23. The molecule has 1 aromatic rings. The standard InChI is InChI=1S/C12H22N4O/c1-7(2)10(5-6-17)16-12-8(3)11(13)14-9(4)15-12/h7,10,17H,5-6H2,1-4H3,(H3,13,14,15,16). The molecule has 0 fully saturated rings. The van der Waals surface area contributed by atoms with Crippen LogP contribution >= 0.6 is 0 Å². The predicted molar refractivity (Wildman–Crippen MR) is 69.9 cm³/mol. The smallest absolute Gasteiger partial charge is 0.134 e. The van der Waals surface area contributed by atoms with E-state index in [0.717, 1.165) is 11.4 Å². The van der Waals surface area contributed by atoms with Crippen LogP contribution in [0.15, 0.2) is 0 Å². The minimum absolute atomic E-state index is 0.161. The quantitative estimate of drug-likeness (QED) is 0.724. The van der Waals surface area contributed by atoms with Crippen molar-refractivity contribution in [2.24, 2.45) is 5.92 Å². The molecule has 0 aliphatic carbocycles. The number of hydrogen-bond donors (Lipinski definition) is 3. The number of nitrogens with two attached hydrogens (primary N) is 1. The highest BCUT2D eigenvalue weighted by atomic mass is 16.3. The lowest BCUT2D eigenvalue weighted by molar-refractivity contribution is 0.267. The van der Waals surface area contributed by atoms with Crippen LogP contribution in [0.2, 0.25) is 0 Å². The van der Waals surface area contributed by atoms with E-state index in [2.05, 4.69) is 29.1 Å². The van der Waals surface area contributed by atoms with E-state index >= 15 is 0 Å². The molecule has 0 spiro atoms. The van der Waals surface area contributed by atoms with Gasteiger partial charge in [-0.2, -0.15) is 0 Å². The molecule has 5 heteroatoms. The highest BCUT2D eigenvalue weighted by molar-refractivity contribution is 5.55. The van der Waals surface area contributed by atoms with Crippen LogP contribution in [0.1, 0.15) is 31.7 Å². The van der Waals surface area contributed by atoms with Gasteiger partial charge in [0.25, 0.3) is 0 Å². The molecular weight excluding hydrogens is 216 g/mol. The topological polar surface area (TPSA) is 84.1 Å². The fourth-order valence-electron chi connectivity index (χ4n) is 1.68. The largest absolute Gasteiger partial charge is 0.396 e. The van der Waals surface area contributed by atoms with Gasteiger partial charge in [0, 0.05) is 18.2 Å². The number of nitrogens with one attached hydrogen (secondary N) is 1. The Bertz CT molecular complexity index is 379. The first-order chi connectivity index (χ1) is 7.95. The van der Waals surface area contributed by atoms with E-state index in [1.54, 1.807) is 0 Å². The van der Waals surface area contributed by atoms with Crippen molar-refractivity contribution in [3.63, 3.8) is 0 Å². The average molecular weight is 238 g/mol. The van der Waals surface area contributed by atoms with Gasteiger partial charge in [0.15, 0.2) is 0 Å². The lowest BCUT2D eigenvalue weighted by Crippen LogP contribution is -2.28. The van der Waals surface area contributed by atoms with Crippen LogP contribution < -0.4 is 11.1 Å². The van der Waals surface area contributed by atoms with Crippen LogP contribution in [0, 0.1) is 19.8 Å². The second-order valence-electron chi connectivity index (χ2n) is 4.64. The number of anilines is 2. The van der Waals surface area contributed by atoms with Crippen molar-refractivity contribution in [1.29, 1.82) is 0 Å². The van der Waals surface area contributed by atoms with Gasteiger partial charge >= 0.3 is 0 Å². The van der Waals surface area contributed by atoms with E-state index < -0.39 is 0 Å². The molecule has 0 amide bonds. The monoisotopic (exact) mass is 238 g/mol. The number of aliphatic hydroxyl groups is 1. The third-order valence-corrected chi connectivity index (χ3v) is 2.86. The van der Waals surface area contributed by atoms with Crippen molar-refractivity contribution in [2.45, 2.75) is 40.2 Å². The minimum atomic E-state index is 0.161. The van der Waals surface area contributed by atoms with E-state index in [-0.39, 0.29) is 12.6 Å². The van der Waals surface area contributed by atoms with Crippen LogP contribution in [0.4, 0.5) is 11.6 Å². The molecule has 1 unspecified atom stereocenters. The summed E-state index contributed by atoms with van der Waals surface area (Å²) in [4.78, 5) is 8.46. The van der Waals surface area contributed by atoms with E-state index in [4.69, 9.17) is 10.8 Å². The molecular formula is C12H22N4O. The third kappa shape index (κ3) is 3.56. The molecule has 1 rings (SSSR count). The van der Waals surface area contributed by atoms with Gasteiger partial charge in [-0.3, -0.25) is 0 Å². The maximum Gasteiger partial charge on any atom is 0.134 e.